The Morgan fingerprint density at radius 3 is 2.43 bits per heavy atom. The first-order chi connectivity index (χ1) is 9.79. The molecule has 0 bridgehead atoms. The molecule has 1 N–H and O–H groups in total. The van der Waals surface area contributed by atoms with Gasteiger partial charge in [-0.15, -0.1) is 6.42 Å². The van der Waals surface area contributed by atoms with E-state index in [1.54, 1.807) is 0 Å². The maximum atomic E-state index is 12.3. The summed E-state index contributed by atoms with van der Waals surface area (Å²) in [7, 11) is -0.0752. The Kier molecular flexibility index (Phi) is 5.18. The van der Waals surface area contributed by atoms with Gasteiger partial charge in [0.15, 0.2) is 11.5 Å². The highest BCUT2D eigenvalue weighted by atomic mass is 32.2. The molecular formula is C13H15NO6S. The van der Waals surface area contributed by atoms with Gasteiger partial charge in [0.1, 0.15) is 5.56 Å². The van der Waals surface area contributed by atoms with Crippen LogP contribution in [0.2, 0.25) is 0 Å². The van der Waals surface area contributed by atoms with E-state index in [1.807, 2.05) is 0 Å². The Bertz CT molecular complexity index is 689. The molecule has 0 amide bonds. The third kappa shape index (κ3) is 3.26. The lowest BCUT2D eigenvalue weighted by molar-refractivity contribution is 0.0692. The van der Waals surface area contributed by atoms with Gasteiger partial charge in [-0.05, 0) is 6.07 Å². The molecule has 0 aliphatic carbocycles. The number of sulfonamides is 1. The zero-order chi connectivity index (χ0) is 16.2. The van der Waals surface area contributed by atoms with Crippen molar-refractivity contribution in [1.29, 1.82) is 0 Å². The van der Waals surface area contributed by atoms with Crippen LogP contribution in [0.5, 0.6) is 11.5 Å². The molecule has 0 radical (unpaired) electrons. The number of hydrogen-bond donors (Lipinski definition) is 1. The normalized spacial score (nSPS) is 11.0. The minimum Gasteiger partial charge on any atom is -0.493 e. The van der Waals surface area contributed by atoms with Crippen LogP contribution in [0.15, 0.2) is 17.0 Å². The van der Waals surface area contributed by atoms with Crippen LogP contribution in [0, 0.1) is 12.3 Å². The van der Waals surface area contributed by atoms with Gasteiger partial charge < -0.3 is 14.6 Å². The van der Waals surface area contributed by atoms with Crippen LogP contribution >= 0.6 is 0 Å². The molecule has 0 spiro atoms. The molecule has 0 unspecified atom stereocenters. The molecule has 0 aliphatic rings. The predicted octanol–water partition coefficient (Wildman–Crippen LogP) is 0.656. The molecule has 8 heteroatoms. The van der Waals surface area contributed by atoms with E-state index in [1.165, 1.54) is 27.3 Å². The van der Waals surface area contributed by atoms with Crippen molar-refractivity contribution in [1.82, 2.24) is 4.31 Å². The monoisotopic (exact) mass is 313 g/mol. The van der Waals surface area contributed by atoms with E-state index in [2.05, 4.69) is 5.92 Å². The highest BCUT2D eigenvalue weighted by molar-refractivity contribution is 7.89. The Morgan fingerprint density at radius 2 is 2.00 bits per heavy atom. The number of carbonyl (C=O) groups is 1. The van der Waals surface area contributed by atoms with Crippen LogP contribution in [0.1, 0.15) is 10.4 Å². The summed E-state index contributed by atoms with van der Waals surface area (Å²) in [6.45, 7) is -0.140. The topological polar surface area (TPSA) is 93.1 Å². The number of carboxylic acids is 1. The summed E-state index contributed by atoms with van der Waals surface area (Å²) < 4.78 is 35.5. The fraction of sp³-hybridized carbons (Fsp3) is 0.308. The minimum absolute atomic E-state index is 0.00471. The van der Waals surface area contributed by atoms with Gasteiger partial charge in [-0.25, -0.2) is 13.2 Å². The number of carboxylic acid groups (broad SMARTS) is 1. The lowest BCUT2D eigenvalue weighted by Crippen LogP contribution is -2.27. The van der Waals surface area contributed by atoms with E-state index < -0.39 is 16.0 Å². The predicted molar refractivity (Wildman–Crippen MR) is 75.2 cm³/mol. The van der Waals surface area contributed by atoms with E-state index in [0.717, 1.165) is 10.4 Å². The largest absolute Gasteiger partial charge is 0.493 e. The number of hydrogen-bond acceptors (Lipinski definition) is 5. The quantitative estimate of drug-likeness (QED) is 0.775. The lowest BCUT2D eigenvalue weighted by atomic mass is 10.2. The van der Waals surface area contributed by atoms with Crippen molar-refractivity contribution in [3.8, 4) is 23.8 Å². The van der Waals surface area contributed by atoms with Crippen molar-refractivity contribution >= 4 is 16.0 Å². The molecule has 0 atom stereocenters. The molecule has 7 nitrogen and oxygen atoms in total. The van der Waals surface area contributed by atoms with Gasteiger partial charge >= 0.3 is 5.97 Å². The number of aromatic carboxylic acids is 1. The Labute approximate surface area is 123 Å². The van der Waals surface area contributed by atoms with Gasteiger partial charge in [0, 0.05) is 13.1 Å². The molecule has 21 heavy (non-hydrogen) atoms. The average Bonchev–Trinajstić information content (AvgIpc) is 2.45. The molecule has 0 heterocycles. The molecule has 1 aromatic carbocycles. The van der Waals surface area contributed by atoms with Gasteiger partial charge in [0.2, 0.25) is 10.0 Å². The summed E-state index contributed by atoms with van der Waals surface area (Å²) in [4.78, 5) is 11.0. The van der Waals surface area contributed by atoms with E-state index >= 15 is 0 Å². The van der Waals surface area contributed by atoms with Crippen LogP contribution in [0.4, 0.5) is 0 Å². The van der Waals surface area contributed by atoms with Gasteiger partial charge in [-0.2, -0.15) is 4.31 Å². The molecule has 0 aliphatic heterocycles. The summed E-state index contributed by atoms with van der Waals surface area (Å²) >= 11 is 0. The number of nitrogens with zero attached hydrogens (tertiary/aromatic N) is 1. The second-order valence-electron chi connectivity index (χ2n) is 3.98. The highest BCUT2D eigenvalue weighted by Crippen LogP contribution is 2.34. The summed E-state index contributed by atoms with van der Waals surface area (Å²) in [6, 6.07) is 2.19. The minimum atomic E-state index is -3.92. The number of ether oxygens (including phenoxy) is 2. The molecule has 0 aromatic heterocycles. The van der Waals surface area contributed by atoms with Gasteiger partial charge in [-0.1, -0.05) is 5.92 Å². The maximum Gasteiger partial charge on any atom is 0.339 e. The van der Waals surface area contributed by atoms with Crippen molar-refractivity contribution in [3.63, 3.8) is 0 Å². The van der Waals surface area contributed by atoms with E-state index in [-0.39, 0.29) is 28.5 Å². The van der Waals surface area contributed by atoms with Gasteiger partial charge in [-0.3, -0.25) is 0 Å². The first-order valence-electron chi connectivity index (χ1n) is 5.68. The first-order valence-corrected chi connectivity index (χ1v) is 7.12. The van der Waals surface area contributed by atoms with Crippen LogP contribution in [-0.4, -0.2) is 51.6 Å². The zero-order valence-corrected chi connectivity index (χ0v) is 12.6. The number of rotatable bonds is 6. The van der Waals surface area contributed by atoms with Crippen molar-refractivity contribution in [2.75, 3.05) is 27.8 Å². The second-order valence-corrected chi connectivity index (χ2v) is 6.02. The molecule has 0 fully saturated rings. The fourth-order valence-corrected chi connectivity index (χ4v) is 2.77. The number of benzene rings is 1. The maximum absolute atomic E-state index is 12.3. The van der Waals surface area contributed by atoms with Crippen LogP contribution in [-0.2, 0) is 10.0 Å². The Morgan fingerprint density at radius 1 is 1.38 bits per heavy atom. The van der Waals surface area contributed by atoms with Gasteiger partial charge in [0.25, 0.3) is 0 Å². The van der Waals surface area contributed by atoms with Crippen molar-refractivity contribution in [2.24, 2.45) is 0 Å². The number of methoxy groups -OCH3 is 2. The summed E-state index contributed by atoms with van der Waals surface area (Å²) in [6.07, 6.45) is 5.09. The van der Waals surface area contributed by atoms with E-state index in [0.29, 0.717) is 0 Å². The molecule has 1 rings (SSSR count). The molecule has 0 saturated heterocycles. The lowest BCUT2D eigenvalue weighted by Gasteiger charge is -2.17. The Hall–Kier alpha value is -2.24. The zero-order valence-electron chi connectivity index (χ0n) is 11.8. The third-order valence-electron chi connectivity index (χ3n) is 2.70. The van der Waals surface area contributed by atoms with Gasteiger partial charge in [0.05, 0.1) is 25.7 Å². The number of terminal acetylenes is 1. The third-order valence-corrected chi connectivity index (χ3v) is 4.49. The standard InChI is InChI=1S/C13H15NO6S/c1-5-6-14(2)21(17,18)9-7-10(13(15)16)12(20-4)11(8-9)19-3/h1,7-8H,6H2,2-4H3,(H,15,16). The van der Waals surface area contributed by atoms with E-state index in [4.69, 9.17) is 15.9 Å². The smallest absolute Gasteiger partial charge is 0.339 e. The van der Waals surface area contributed by atoms with Crippen molar-refractivity contribution in [2.45, 2.75) is 4.90 Å². The molecule has 1 aromatic rings. The molecular weight excluding hydrogens is 298 g/mol. The highest BCUT2D eigenvalue weighted by Gasteiger charge is 2.26. The Balaban J connectivity index is 3.56. The first kappa shape index (κ1) is 16.8. The van der Waals surface area contributed by atoms with Crippen LogP contribution in [0.25, 0.3) is 0 Å². The van der Waals surface area contributed by atoms with E-state index in [9.17, 15) is 18.3 Å². The average molecular weight is 313 g/mol. The van der Waals surface area contributed by atoms with Crippen molar-refractivity contribution < 1.29 is 27.8 Å². The second kappa shape index (κ2) is 6.47. The fourth-order valence-electron chi connectivity index (χ4n) is 1.64. The SMILES string of the molecule is C#CCN(C)S(=O)(=O)c1cc(OC)c(OC)c(C(=O)O)c1. The summed E-state index contributed by atoms with van der Waals surface area (Å²) in [5.41, 5.74) is -0.315. The van der Waals surface area contributed by atoms with Crippen LogP contribution in [0.3, 0.4) is 0 Å². The molecule has 114 valence electrons. The summed E-state index contributed by atoms with van der Waals surface area (Å²) in [5.74, 6) is 0.827. The van der Waals surface area contributed by atoms with Crippen molar-refractivity contribution in [3.05, 3.63) is 17.7 Å². The summed E-state index contributed by atoms with van der Waals surface area (Å²) in [5, 5.41) is 9.17. The molecule has 0 saturated carbocycles. The van der Waals surface area contributed by atoms with Crippen LogP contribution < -0.4 is 9.47 Å².